The fourth-order valence-corrected chi connectivity index (χ4v) is 4.15. The van der Waals surface area contributed by atoms with Gasteiger partial charge in [0.15, 0.2) is 0 Å². The predicted molar refractivity (Wildman–Crippen MR) is 94.4 cm³/mol. The summed E-state index contributed by atoms with van der Waals surface area (Å²) in [5.41, 5.74) is 1.70. The van der Waals surface area contributed by atoms with Gasteiger partial charge >= 0.3 is 0 Å². The van der Waals surface area contributed by atoms with E-state index < -0.39 is 5.60 Å². The van der Waals surface area contributed by atoms with E-state index in [0.29, 0.717) is 13.0 Å². The minimum Gasteiger partial charge on any atom is -0.388 e. The summed E-state index contributed by atoms with van der Waals surface area (Å²) in [6, 6.07) is 0. The van der Waals surface area contributed by atoms with Crippen molar-refractivity contribution in [1.29, 1.82) is 0 Å². The van der Waals surface area contributed by atoms with Gasteiger partial charge in [0.05, 0.1) is 5.60 Å². The summed E-state index contributed by atoms with van der Waals surface area (Å²) in [5, 5.41) is 19.3. The Hall–Kier alpha value is -2.02. The maximum atomic E-state index is 11.2. The highest BCUT2D eigenvalue weighted by atomic mass is 16.3. The normalized spacial score (nSPS) is 24.0. The predicted octanol–water partition coefficient (Wildman–Crippen LogP) is 1.45. The Labute approximate surface area is 148 Å². The highest BCUT2D eigenvalue weighted by molar-refractivity contribution is 5.50. The van der Waals surface area contributed by atoms with Crippen molar-refractivity contribution < 1.29 is 5.11 Å². The molecule has 0 amide bonds. The molecule has 25 heavy (non-hydrogen) atoms. The lowest BCUT2D eigenvalue weighted by Gasteiger charge is -2.40. The van der Waals surface area contributed by atoms with Crippen molar-refractivity contribution in [3.05, 3.63) is 29.7 Å². The summed E-state index contributed by atoms with van der Waals surface area (Å²) in [4.78, 5) is 11.4. The van der Waals surface area contributed by atoms with E-state index in [0.717, 1.165) is 43.9 Å². The molecule has 4 rings (SSSR count). The van der Waals surface area contributed by atoms with E-state index in [9.17, 15) is 5.11 Å². The lowest BCUT2D eigenvalue weighted by Crippen LogP contribution is -2.50. The highest BCUT2D eigenvalue weighted by Gasteiger charge is 2.36. The van der Waals surface area contributed by atoms with Gasteiger partial charge in [-0.15, -0.1) is 10.2 Å². The molecule has 2 aromatic rings. The summed E-state index contributed by atoms with van der Waals surface area (Å²) < 4.78 is 1.88. The molecule has 1 aliphatic carbocycles. The molecule has 0 radical (unpaired) electrons. The van der Waals surface area contributed by atoms with Gasteiger partial charge in [-0.3, -0.25) is 0 Å². The summed E-state index contributed by atoms with van der Waals surface area (Å²) in [6.07, 6.45) is 11.4. The van der Waals surface area contributed by atoms with Gasteiger partial charge in [0.1, 0.15) is 24.3 Å². The largest absolute Gasteiger partial charge is 0.388 e. The van der Waals surface area contributed by atoms with E-state index in [4.69, 9.17) is 0 Å². The molecular formula is C18H26N6O. The number of anilines is 1. The molecule has 2 aromatic heterocycles. The molecule has 0 aromatic carbocycles. The second-order valence-electron chi connectivity index (χ2n) is 7.47. The van der Waals surface area contributed by atoms with Crippen molar-refractivity contribution in [2.75, 3.05) is 18.0 Å². The molecule has 1 fully saturated rings. The molecular weight excluding hydrogens is 316 g/mol. The molecule has 1 unspecified atom stereocenters. The molecule has 1 saturated heterocycles. The molecule has 1 atom stereocenters. The Bertz CT molecular complexity index is 745. The third-order valence-corrected chi connectivity index (χ3v) is 5.50. The van der Waals surface area contributed by atoms with Crippen LogP contribution in [0, 0.1) is 0 Å². The summed E-state index contributed by atoms with van der Waals surface area (Å²) >= 11 is 0. The average molecular weight is 342 g/mol. The molecule has 0 spiro atoms. The van der Waals surface area contributed by atoms with Crippen LogP contribution in [0.2, 0.25) is 0 Å². The van der Waals surface area contributed by atoms with Crippen LogP contribution in [0.25, 0.3) is 0 Å². The molecule has 2 aliphatic rings. The van der Waals surface area contributed by atoms with Crippen LogP contribution in [-0.4, -0.2) is 48.5 Å². The number of β-amino-alcohol motifs (C(OH)–C–C–N with tert-alkyl or cyclic N) is 1. The number of hydrogen-bond acceptors (Lipinski definition) is 6. The van der Waals surface area contributed by atoms with Gasteiger partial charge in [0.2, 0.25) is 0 Å². The Morgan fingerprint density at radius 3 is 2.88 bits per heavy atom. The summed E-state index contributed by atoms with van der Waals surface area (Å²) in [6.45, 7) is 1.52. The van der Waals surface area contributed by atoms with Crippen LogP contribution in [0.3, 0.4) is 0 Å². The van der Waals surface area contributed by atoms with Crippen molar-refractivity contribution in [2.24, 2.45) is 7.05 Å². The van der Waals surface area contributed by atoms with Crippen LogP contribution in [-0.2, 0) is 26.3 Å². The van der Waals surface area contributed by atoms with E-state index in [1.165, 1.54) is 30.5 Å². The molecule has 134 valence electrons. The van der Waals surface area contributed by atoms with Crippen LogP contribution in [0.1, 0.15) is 49.2 Å². The monoisotopic (exact) mass is 342 g/mol. The molecule has 7 nitrogen and oxygen atoms in total. The smallest absolute Gasteiger partial charge is 0.135 e. The molecule has 1 N–H and O–H groups in total. The highest BCUT2D eigenvalue weighted by Crippen LogP contribution is 2.32. The van der Waals surface area contributed by atoms with E-state index in [1.807, 2.05) is 11.6 Å². The Balaban J connectivity index is 1.58. The third-order valence-electron chi connectivity index (χ3n) is 5.50. The van der Waals surface area contributed by atoms with Gasteiger partial charge in [-0.1, -0.05) is 6.42 Å². The zero-order chi connectivity index (χ0) is 17.3. The second kappa shape index (κ2) is 6.71. The standard InChI is InChI=1S/C18H26N6O/c1-23-13-21-22-16(23)10-18(25)8-5-9-24(11-18)17-14-6-3-2-4-7-15(14)19-12-20-17/h12-13,25H,2-11H2,1H3. The number of fused-ring (bicyclic) bond motifs is 1. The first-order valence-corrected chi connectivity index (χ1v) is 9.28. The Morgan fingerprint density at radius 1 is 1.16 bits per heavy atom. The average Bonchev–Trinajstić information content (AvgIpc) is 2.85. The minimum atomic E-state index is -0.790. The molecule has 0 saturated carbocycles. The third kappa shape index (κ3) is 3.38. The number of aryl methyl sites for hydroxylation is 2. The number of aromatic nitrogens is 5. The van der Waals surface area contributed by atoms with Crippen molar-refractivity contribution >= 4 is 5.82 Å². The fourth-order valence-electron chi connectivity index (χ4n) is 4.15. The van der Waals surface area contributed by atoms with Crippen molar-refractivity contribution in [3.63, 3.8) is 0 Å². The Morgan fingerprint density at radius 2 is 2.04 bits per heavy atom. The van der Waals surface area contributed by atoms with Crippen molar-refractivity contribution in [1.82, 2.24) is 24.7 Å². The van der Waals surface area contributed by atoms with Gasteiger partial charge in [0.25, 0.3) is 0 Å². The lowest BCUT2D eigenvalue weighted by atomic mass is 9.89. The van der Waals surface area contributed by atoms with Crippen molar-refractivity contribution in [2.45, 2.75) is 57.0 Å². The van der Waals surface area contributed by atoms with E-state index in [1.54, 1.807) is 12.7 Å². The number of rotatable bonds is 3. The zero-order valence-corrected chi connectivity index (χ0v) is 14.9. The van der Waals surface area contributed by atoms with Gasteiger partial charge in [0, 0.05) is 37.8 Å². The first kappa shape index (κ1) is 16.4. The number of nitrogens with zero attached hydrogens (tertiary/aromatic N) is 6. The SMILES string of the molecule is Cn1cnnc1CC1(O)CCCN(c2ncnc3c2CCCCC3)C1. The Kier molecular flexibility index (Phi) is 4.41. The van der Waals surface area contributed by atoms with Gasteiger partial charge in [-0.05, 0) is 38.5 Å². The van der Waals surface area contributed by atoms with E-state index in [2.05, 4.69) is 25.1 Å². The first-order valence-electron chi connectivity index (χ1n) is 9.28. The summed E-state index contributed by atoms with van der Waals surface area (Å²) in [5.74, 6) is 1.86. The molecule has 3 heterocycles. The van der Waals surface area contributed by atoms with E-state index in [-0.39, 0.29) is 0 Å². The second-order valence-corrected chi connectivity index (χ2v) is 7.47. The van der Waals surface area contributed by atoms with Crippen molar-refractivity contribution in [3.8, 4) is 0 Å². The zero-order valence-electron chi connectivity index (χ0n) is 14.9. The molecule has 7 heteroatoms. The maximum absolute atomic E-state index is 11.2. The lowest BCUT2D eigenvalue weighted by molar-refractivity contribution is 0.0235. The molecule has 1 aliphatic heterocycles. The summed E-state index contributed by atoms with van der Waals surface area (Å²) in [7, 11) is 1.92. The van der Waals surface area contributed by atoms with Gasteiger partial charge in [-0.25, -0.2) is 9.97 Å². The van der Waals surface area contributed by atoms with Crippen LogP contribution in [0.4, 0.5) is 5.82 Å². The number of aliphatic hydroxyl groups is 1. The topological polar surface area (TPSA) is 80.0 Å². The van der Waals surface area contributed by atoms with Gasteiger partial charge < -0.3 is 14.6 Å². The minimum absolute atomic E-state index is 0.521. The quantitative estimate of drug-likeness (QED) is 0.851. The van der Waals surface area contributed by atoms with Crippen LogP contribution < -0.4 is 4.90 Å². The first-order chi connectivity index (χ1) is 12.1. The molecule has 0 bridgehead atoms. The van der Waals surface area contributed by atoms with Crippen LogP contribution in [0.5, 0.6) is 0 Å². The van der Waals surface area contributed by atoms with Crippen LogP contribution >= 0.6 is 0 Å². The number of hydrogen-bond donors (Lipinski definition) is 1. The fraction of sp³-hybridized carbons (Fsp3) is 0.667. The van der Waals surface area contributed by atoms with Crippen LogP contribution in [0.15, 0.2) is 12.7 Å². The number of piperidine rings is 1. The maximum Gasteiger partial charge on any atom is 0.135 e. The van der Waals surface area contributed by atoms with E-state index >= 15 is 0 Å². The van der Waals surface area contributed by atoms with Gasteiger partial charge in [-0.2, -0.15) is 0 Å².